The van der Waals surface area contributed by atoms with E-state index in [2.05, 4.69) is 20.3 Å². The molecule has 4 rings (SSSR count). The minimum atomic E-state index is -0.483. The van der Waals surface area contributed by atoms with Crippen LogP contribution in [0.5, 0.6) is 0 Å². The summed E-state index contributed by atoms with van der Waals surface area (Å²) < 4.78 is 3.35. The van der Waals surface area contributed by atoms with Gasteiger partial charge in [0.25, 0.3) is 5.56 Å². The zero-order chi connectivity index (χ0) is 23.2. The lowest BCUT2D eigenvalue weighted by Gasteiger charge is -2.13. The van der Waals surface area contributed by atoms with Gasteiger partial charge in [-0.15, -0.1) is 0 Å². The summed E-state index contributed by atoms with van der Waals surface area (Å²) in [6.45, 7) is 5.86. The second kappa shape index (κ2) is 8.47. The van der Waals surface area contributed by atoms with Crippen LogP contribution in [0.15, 0.2) is 32.8 Å². The van der Waals surface area contributed by atoms with Gasteiger partial charge >= 0.3 is 5.69 Å². The number of carbonyl (C=O) groups is 1. The second-order valence-corrected chi connectivity index (χ2v) is 9.77. The molecule has 0 radical (unpaired) electrons. The minimum Gasteiger partial charge on any atom is -0.301 e. The average Bonchev–Trinajstić information content (AvgIpc) is 3.15. The molecule has 11 heteroatoms. The van der Waals surface area contributed by atoms with E-state index < -0.39 is 11.2 Å². The first kappa shape index (κ1) is 22.2. The maximum atomic E-state index is 12.8. The number of rotatable bonds is 5. The average molecular weight is 471 g/mol. The Morgan fingerprint density at radius 3 is 2.62 bits per heavy atom. The molecule has 1 aromatic carbocycles. The van der Waals surface area contributed by atoms with E-state index in [4.69, 9.17) is 0 Å². The standard InChI is InChI=1S/C21H22N6O3S2/c1-10(2)16-24-17-15(19(29)27(5)21(30)26(17)4)18(25-16)31-9-14(28)23-20-22-12-7-6-11(3)8-13(12)32-20/h6-8,10H,9H2,1-5H3,(H,22,23,28). The number of aryl methyl sites for hydroxylation is 2. The largest absolute Gasteiger partial charge is 0.332 e. The number of anilines is 1. The Bertz CT molecular complexity index is 1490. The van der Waals surface area contributed by atoms with Crippen LogP contribution >= 0.6 is 23.1 Å². The SMILES string of the molecule is Cc1ccc2nc(NC(=O)CSc3nc(C(C)C)nc4c3c(=O)n(C)c(=O)n4C)sc2c1. The first-order valence-corrected chi connectivity index (χ1v) is 11.7. The molecule has 0 aliphatic carbocycles. The lowest BCUT2D eigenvalue weighted by atomic mass is 10.2. The Morgan fingerprint density at radius 2 is 1.91 bits per heavy atom. The van der Waals surface area contributed by atoms with Crippen LogP contribution in [0.3, 0.4) is 0 Å². The van der Waals surface area contributed by atoms with E-state index >= 15 is 0 Å². The van der Waals surface area contributed by atoms with Crippen LogP contribution in [-0.4, -0.2) is 35.7 Å². The zero-order valence-corrected chi connectivity index (χ0v) is 19.9. The van der Waals surface area contributed by atoms with Gasteiger partial charge in [0, 0.05) is 20.0 Å². The van der Waals surface area contributed by atoms with Gasteiger partial charge in [-0.3, -0.25) is 18.7 Å². The molecule has 0 saturated carbocycles. The van der Waals surface area contributed by atoms with Crippen LogP contribution in [0.4, 0.5) is 5.13 Å². The number of benzene rings is 1. The highest BCUT2D eigenvalue weighted by Crippen LogP contribution is 2.28. The highest BCUT2D eigenvalue weighted by Gasteiger charge is 2.19. The van der Waals surface area contributed by atoms with Crippen LogP contribution in [0.25, 0.3) is 21.3 Å². The third-order valence-electron chi connectivity index (χ3n) is 4.93. The molecule has 0 aliphatic rings. The van der Waals surface area contributed by atoms with E-state index in [0.29, 0.717) is 16.0 Å². The second-order valence-electron chi connectivity index (χ2n) is 7.77. The van der Waals surface area contributed by atoms with Crippen molar-refractivity contribution in [1.82, 2.24) is 24.1 Å². The van der Waals surface area contributed by atoms with E-state index in [9.17, 15) is 14.4 Å². The zero-order valence-electron chi connectivity index (χ0n) is 18.3. The van der Waals surface area contributed by atoms with Gasteiger partial charge in [0.05, 0.1) is 16.0 Å². The molecule has 0 fully saturated rings. The smallest absolute Gasteiger partial charge is 0.301 e. The molecular weight excluding hydrogens is 448 g/mol. The first-order valence-electron chi connectivity index (χ1n) is 9.93. The van der Waals surface area contributed by atoms with Crippen LogP contribution in [0.2, 0.25) is 0 Å². The molecule has 0 aliphatic heterocycles. The number of thioether (sulfide) groups is 1. The summed E-state index contributed by atoms with van der Waals surface area (Å²) in [6.07, 6.45) is 0. The number of thiazole rings is 1. The first-order chi connectivity index (χ1) is 15.2. The van der Waals surface area contributed by atoms with Crippen molar-refractivity contribution in [1.29, 1.82) is 0 Å². The van der Waals surface area contributed by atoms with Crippen molar-refractivity contribution in [3.8, 4) is 0 Å². The van der Waals surface area contributed by atoms with Crippen LogP contribution in [0.1, 0.15) is 31.2 Å². The van der Waals surface area contributed by atoms with Gasteiger partial charge in [-0.1, -0.05) is 43.0 Å². The molecule has 32 heavy (non-hydrogen) atoms. The lowest BCUT2D eigenvalue weighted by molar-refractivity contribution is -0.113. The Hall–Kier alpha value is -3.05. The third kappa shape index (κ3) is 4.05. The Labute approximate surface area is 191 Å². The minimum absolute atomic E-state index is 0.0158. The van der Waals surface area contributed by atoms with E-state index in [1.165, 1.54) is 23.0 Å². The summed E-state index contributed by atoms with van der Waals surface area (Å²) in [7, 11) is 2.98. The van der Waals surface area contributed by atoms with Crippen molar-refractivity contribution in [2.75, 3.05) is 11.1 Å². The van der Waals surface area contributed by atoms with Crippen molar-refractivity contribution >= 4 is 55.4 Å². The summed E-state index contributed by atoms with van der Waals surface area (Å²) in [5.41, 5.74) is 1.28. The van der Waals surface area contributed by atoms with Crippen LogP contribution in [0, 0.1) is 6.92 Å². The van der Waals surface area contributed by atoms with Gasteiger partial charge in [0.15, 0.2) is 10.8 Å². The normalized spacial score (nSPS) is 11.6. The molecule has 0 bridgehead atoms. The molecule has 0 atom stereocenters. The maximum absolute atomic E-state index is 12.8. The molecule has 0 saturated heterocycles. The number of amides is 1. The maximum Gasteiger partial charge on any atom is 0.332 e. The molecule has 166 valence electrons. The third-order valence-corrected chi connectivity index (χ3v) is 6.84. The predicted molar refractivity (Wildman–Crippen MR) is 128 cm³/mol. The van der Waals surface area contributed by atoms with E-state index in [-0.39, 0.29) is 28.6 Å². The molecule has 1 N–H and O–H groups in total. The fraction of sp³-hybridized carbons (Fsp3) is 0.333. The van der Waals surface area contributed by atoms with Crippen molar-refractivity contribution in [2.45, 2.75) is 31.7 Å². The number of hydrogen-bond acceptors (Lipinski definition) is 8. The Morgan fingerprint density at radius 1 is 1.16 bits per heavy atom. The molecule has 9 nitrogen and oxygen atoms in total. The van der Waals surface area contributed by atoms with Crippen molar-refractivity contribution in [3.63, 3.8) is 0 Å². The Balaban J connectivity index is 1.64. The fourth-order valence-electron chi connectivity index (χ4n) is 3.18. The van der Waals surface area contributed by atoms with Crippen molar-refractivity contribution < 1.29 is 4.79 Å². The molecule has 0 spiro atoms. The summed E-state index contributed by atoms with van der Waals surface area (Å²) in [4.78, 5) is 51.2. The van der Waals surface area contributed by atoms with Crippen molar-refractivity contribution in [3.05, 3.63) is 50.4 Å². The number of aromatic nitrogens is 5. The van der Waals surface area contributed by atoms with Crippen LogP contribution < -0.4 is 16.6 Å². The van der Waals surface area contributed by atoms with Gasteiger partial charge in [0.2, 0.25) is 5.91 Å². The Kier molecular flexibility index (Phi) is 5.87. The number of hydrogen-bond donors (Lipinski definition) is 1. The van der Waals surface area contributed by atoms with Gasteiger partial charge in [-0.05, 0) is 24.6 Å². The highest BCUT2D eigenvalue weighted by molar-refractivity contribution is 8.00. The number of nitrogens with zero attached hydrogens (tertiary/aromatic N) is 5. The number of carbonyl (C=O) groups excluding carboxylic acids is 1. The predicted octanol–water partition coefficient (Wildman–Crippen LogP) is 2.80. The summed E-state index contributed by atoms with van der Waals surface area (Å²) in [5, 5.41) is 3.95. The summed E-state index contributed by atoms with van der Waals surface area (Å²) >= 11 is 2.55. The monoisotopic (exact) mass is 470 g/mol. The highest BCUT2D eigenvalue weighted by atomic mass is 32.2. The topological polar surface area (TPSA) is 112 Å². The number of fused-ring (bicyclic) bond motifs is 2. The quantitative estimate of drug-likeness (QED) is 0.353. The van der Waals surface area contributed by atoms with E-state index in [1.54, 1.807) is 7.05 Å². The van der Waals surface area contributed by atoms with E-state index in [0.717, 1.165) is 32.1 Å². The lowest BCUT2D eigenvalue weighted by Crippen LogP contribution is -2.38. The molecular formula is C21H22N6O3S2. The molecule has 3 heterocycles. The summed E-state index contributed by atoms with van der Waals surface area (Å²) in [6, 6.07) is 5.92. The fourth-order valence-corrected chi connectivity index (χ4v) is 4.98. The molecule has 4 aromatic rings. The van der Waals surface area contributed by atoms with Gasteiger partial charge in [0.1, 0.15) is 16.2 Å². The van der Waals surface area contributed by atoms with E-state index in [1.807, 2.05) is 39.0 Å². The van der Waals surface area contributed by atoms with Crippen molar-refractivity contribution in [2.24, 2.45) is 14.1 Å². The molecule has 0 unspecified atom stereocenters. The summed E-state index contributed by atoms with van der Waals surface area (Å²) in [5.74, 6) is 0.262. The number of nitrogens with one attached hydrogen (secondary N) is 1. The van der Waals surface area contributed by atoms with Crippen LogP contribution in [-0.2, 0) is 18.9 Å². The molecule has 1 amide bonds. The molecule has 3 aromatic heterocycles. The van der Waals surface area contributed by atoms with Gasteiger partial charge < -0.3 is 5.32 Å². The van der Waals surface area contributed by atoms with Gasteiger partial charge in [-0.2, -0.15) is 0 Å². The van der Waals surface area contributed by atoms with Gasteiger partial charge in [-0.25, -0.2) is 19.7 Å².